The Morgan fingerprint density at radius 3 is 2.00 bits per heavy atom. The molecule has 0 radical (unpaired) electrons. The van der Waals surface area contributed by atoms with Crippen molar-refractivity contribution in [1.82, 2.24) is 0 Å². The molecule has 1 rings (SSSR count). The zero-order valence-electron chi connectivity index (χ0n) is 10.7. The van der Waals surface area contributed by atoms with E-state index in [1.165, 1.54) is 5.56 Å². The first-order valence-corrected chi connectivity index (χ1v) is 7.73. The van der Waals surface area contributed by atoms with E-state index in [2.05, 4.69) is 13.8 Å². The van der Waals surface area contributed by atoms with Crippen molar-refractivity contribution >= 4 is 9.84 Å². The first kappa shape index (κ1) is 14.2. The van der Waals surface area contributed by atoms with Crippen molar-refractivity contribution in [2.75, 3.05) is 11.5 Å². The van der Waals surface area contributed by atoms with Crippen LogP contribution in [-0.2, 0) is 9.84 Å². The molecule has 1 atom stereocenters. The van der Waals surface area contributed by atoms with E-state index in [-0.39, 0.29) is 11.5 Å². The molecule has 3 nitrogen and oxygen atoms in total. The molecule has 96 valence electrons. The van der Waals surface area contributed by atoms with Crippen LogP contribution >= 0.6 is 0 Å². The Morgan fingerprint density at radius 2 is 1.59 bits per heavy atom. The molecule has 0 aliphatic rings. The van der Waals surface area contributed by atoms with E-state index >= 15 is 0 Å². The third-order valence-electron chi connectivity index (χ3n) is 2.90. The minimum absolute atomic E-state index is 0.0184. The Morgan fingerprint density at radius 1 is 1.12 bits per heavy atom. The van der Waals surface area contributed by atoms with E-state index in [1.54, 1.807) is 6.92 Å². The SMILES string of the molecule is CCS(=O)(=O)CC(N)c1ccc(C(C)C)cc1. The Bertz CT molecular complexity index is 449. The topological polar surface area (TPSA) is 60.2 Å². The number of hydrogen-bond donors (Lipinski definition) is 1. The summed E-state index contributed by atoms with van der Waals surface area (Å²) in [5, 5.41) is 0. The molecular weight excluding hydrogens is 234 g/mol. The fraction of sp³-hybridized carbons (Fsp3) is 0.538. The molecule has 4 heteroatoms. The molecule has 0 saturated heterocycles. The van der Waals surface area contributed by atoms with Gasteiger partial charge in [-0.15, -0.1) is 0 Å². The van der Waals surface area contributed by atoms with Gasteiger partial charge in [0.2, 0.25) is 0 Å². The quantitative estimate of drug-likeness (QED) is 0.877. The molecule has 0 fully saturated rings. The Hall–Kier alpha value is -0.870. The number of benzene rings is 1. The van der Waals surface area contributed by atoms with Gasteiger partial charge < -0.3 is 5.73 Å². The summed E-state index contributed by atoms with van der Waals surface area (Å²) in [6.07, 6.45) is 0. The molecule has 17 heavy (non-hydrogen) atoms. The number of hydrogen-bond acceptors (Lipinski definition) is 3. The van der Waals surface area contributed by atoms with Crippen molar-refractivity contribution in [2.24, 2.45) is 5.73 Å². The van der Waals surface area contributed by atoms with Crippen LogP contribution in [0.3, 0.4) is 0 Å². The van der Waals surface area contributed by atoms with Crippen LogP contribution < -0.4 is 5.73 Å². The summed E-state index contributed by atoms with van der Waals surface area (Å²) in [6.45, 7) is 5.89. The molecular formula is C13H21NO2S. The Labute approximate surface area is 104 Å². The largest absolute Gasteiger partial charge is 0.323 e. The maximum absolute atomic E-state index is 11.5. The van der Waals surface area contributed by atoms with E-state index < -0.39 is 15.9 Å². The van der Waals surface area contributed by atoms with Crippen LogP contribution in [-0.4, -0.2) is 19.9 Å². The van der Waals surface area contributed by atoms with Crippen molar-refractivity contribution in [2.45, 2.75) is 32.7 Å². The average molecular weight is 255 g/mol. The minimum Gasteiger partial charge on any atom is -0.323 e. The lowest BCUT2D eigenvalue weighted by atomic mass is 10.00. The molecule has 0 aliphatic carbocycles. The van der Waals surface area contributed by atoms with Crippen LogP contribution in [0.15, 0.2) is 24.3 Å². The summed E-state index contributed by atoms with van der Waals surface area (Å²) < 4.78 is 23.0. The van der Waals surface area contributed by atoms with Crippen LogP contribution in [0, 0.1) is 0 Å². The third kappa shape index (κ3) is 4.13. The van der Waals surface area contributed by atoms with E-state index in [0.29, 0.717) is 5.92 Å². The minimum atomic E-state index is -3.02. The highest BCUT2D eigenvalue weighted by molar-refractivity contribution is 7.91. The molecule has 1 aromatic carbocycles. The molecule has 2 N–H and O–H groups in total. The van der Waals surface area contributed by atoms with Crippen LogP contribution in [0.4, 0.5) is 0 Å². The molecule has 0 amide bonds. The number of nitrogens with two attached hydrogens (primary N) is 1. The third-order valence-corrected chi connectivity index (χ3v) is 4.65. The van der Waals surface area contributed by atoms with Crippen molar-refractivity contribution < 1.29 is 8.42 Å². The van der Waals surface area contributed by atoms with Gasteiger partial charge in [0.1, 0.15) is 0 Å². The van der Waals surface area contributed by atoms with Gasteiger partial charge in [0, 0.05) is 11.8 Å². The molecule has 0 bridgehead atoms. The maximum atomic E-state index is 11.5. The summed E-state index contributed by atoms with van der Waals surface area (Å²) >= 11 is 0. The van der Waals surface area contributed by atoms with Gasteiger partial charge in [-0.05, 0) is 17.0 Å². The molecule has 0 heterocycles. The first-order chi connectivity index (χ1) is 7.85. The molecule has 0 spiro atoms. The van der Waals surface area contributed by atoms with Crippen molar-refractivity contribution in [3.05, 3.63) is 35.4 Å². The van der Waals surface area contributed by atoms with Gasteiger partial charge in [0.15, 0.2) is 9.84 Å². The molecule has 1 unspecified atom stereocenters. The molecule has 0 aromatic heterocycles. The van der Waals surface area contributed by atoms with Gasteiger partial charge in [-0.2, -0.15) is 0 Å². The Kier molecular flexibility index (Phi) is 4.71. The van der Waals surface area contributed by atoms with Gasteiger partial charge in [-0.3, -0.25) is 0 Å². The predicted octanol–water partition coefficient (Wildman–Crippen LogP) is 2.24. The average Bonchev–Trinajstić information content (AvgIpc) is 2.28. The first-order valence-electron chi connectivity index (χ1n) is 5.91. The summed E-state index contributed by atoms with van der Waals surface area (Å²) in [5.41, 5.74) is 8.02. The number of sulfone groups is 1. The molecule has 1 aromatic rings. The predicted molar refractivity (Wildman–Crippen MR) is 71.8 cm³/mol. The van der Waals surface area contributed by atoms with Crippen LogP contribution in [0.1, 0.15) is 43.9 Å². The maximum Gasteiger partial charge on any atom is 0.151 e. The van der Waals surface area contributed by atoms with Crippen LogP contribution in [0.5, 0.6) is 0 Å². The van der Waals surface area contributed by atoms with E-state index in [1.807, 2.05) is 24.3 Å². The molecule has 0 aliphatic heterocycles. The fourth-order valence-electron chi connectivity index (χ4n) is 1.62. The highest BCUT2D eigenvalue weighted by atomic mass is 32.2. The standard InChI is InChI=1S/C13H21NO2S/c1-4-17(15,16)9-13(14)12-7-5-11(6-8-12)10(2)3/h5-8,10,13H,4,9,14H2,1-3H3. The lowest BCUT2D eigenvalue weighted by Gasteiger charge is -2.13. The van der Waals surface area contributed by atoms with Crippen LogP contribution in [0.25, 0.3) is 0 Å². The van der Waals surface area contributed by atoms with Gasteiger partial charge >= 0.3 is 0 Å². The monoisotopic (exact) mass is 255 g/mol. The zero-order valence-corrected chi connectivity index (χ0v) is 11.5. The van der Waals surface area contributed by atoms with Crippen molar-refractivity contribution in [3.8, 4) is 0 Å². The number of rotatable bonds is 5. The zero-order chi connectivity index (χ0) is 13.1. The van der Waals surface area contributed by atoms with Crippen LogP contribution in [0.2, 0.25) is 0 Å². The molecule has 0 saturated carbocycles. The second-order valence-corrected chi connectivity index (χ2v) is 7.02. The second-order valence-electron chi connectivity index (χ2n) is 4.63. The summed E-state index contributed by atoms with van der Waals surface area (Å²) in [5.74, 6) is 0.634. The van der Waals surface area contributed by atoms with E-state index in [0.717, 1.165) is 5.56 Å². The van der Waals surface area contributed by atoms with E-state index in [4.69, 9.17) is 5.73 Å². The Balaban J connectivity index is 2.80. The highest BCUT2D eigenvalue weighted by Gasteiger charge is 2.15. The lowest BCUT2D eigenvalue weighted by molar-refractivity contribution is 0.590. The fourth-order valence-corrected chi connectivity index (χ4v) is 2.59. The van der Waals surface area contributed by atoms with Crippen molar-refractivity contribution in [3.63, 3.8) is 0 Å². The highest BCUT2D eigenvalue weighted by Crippen LogP contribution is 2.18. The van der Waals surface area contributed by atoms with Gasteiger partial charge in [-0.25, -0.2) is 8.42 Å². The van der Waals surface area contributed by atoms with Gasteiger partial charge in [0.25, 0.3) is 0 Å². The van der Waals surface area contributed by atoms with Gasteiger partial charge in [0.05, 0.1) is 5.75 Å². The van der Waals surface area contributed by atoms with Crippen molar-refractivity contribution in [1.29, 1.82) is 0 Å². The smallest absolute Gasteiger partial charge is 0.151 e. The van der Waals surface area contributed by atoms with Gasteiger partial charge in [-0.1, -0.05) is 45.0 Å². The summed E-state index contributed by atoms with van der Waals surface area (Å²) in [4.78, 5) is 0. The summed E-state index contributed by atoms with van der Waals surface area (Å²) in [7, 11) is -3.02. The summed E-state index contributed by atoms with van der Waals surface area (Å²) in [6, 6.07) is 7.44. The lowest BCUT2D eigenvalue weighted by Crippen LogP contribution is -2.22. The second kappa shape index (κ2) is 5.65. The van der Waals surface area contributed by atoms with E-state index in [9.17, 15) is 8.42 Å². The normalized spacial score (nSPS) is 13.9.